The van der Waals surface area contributed by atoms with Crippen molar-refractivity contribution in [1.82, 2.24) is 0 Å². The largest absolute Gasteiger partial charge is 0.299 e. The average Bonchev–Trinajstić information content (AvgIpc) is 2.61. The van der Waals surface area contributed by atoms with Gasteiger partial charge < -0.3 is 0 Å². The van der Waals surface area contributed by atoms with Crippen LogP contribution in [0.15, 0.2) is 24.3 Å². The van der Waals surface area contributed by atoms with Crippen molar-refractivity contribution in [3.63, 3.8) is 0 Å². The third-order valence-electron chi connectivity index (χ3n) is 2.37. The van der Waals surface area contributed by atoms with Crippen LogP contribution in [0, 0.1) is 0 Å². The van der Waals surface area contributed by atoms with Crippen LogP contribution in [0.25, 0.3) is 0 Å². The molecular weight excluding hydrogens is 184 g/mol. The first-order valence-electron chi connectivity index (χ1n) is 5.89. The van der Waals surface area contributed by atoms with Gasteiger partial charge in [0, 0.05) is 12.3 Å². The van der Waals surface area contributed by atoms with Crippen molar-refractivity contribution < 1.29 is 4.79 Å². The Bertz CT molecular complexity index is 302. The van der Waals surface area contributed by atoms with Crippen molar-refractivity contribution >= 4 is 5.78 Å². The molecule has 0 heterocycles. The molecule has 0 spiro atoms. The van der Waals surface area contributed by atoms with Crippen LogP contribution in [-0.2, 0) is 11.2 Å². The molecule has 0 saturated carbocycles. The zero-order valence-electron chi connectivity index (χ0n) is 10.5. The van der Waals surface area contributed by atoms with Crippen molar-refractivity contribution in [1.29, 1.82) is 0 Å². The molecule has 1 aliphatic rings. The summed E-state index contributed by atoms with van der Waals surface area (Å²) in [5.41, 5.74) is 2.43. The summed E-state index contributed by atoms with van der Waals surface area (Å²) < 4.78 is 0. The number of Topliss-reactive ketones (excluding diaryl/α,β-unsaturated/α-hetero) is 1. The SMILES string of the molecule is CC.CC.CC1C(=O)Cc2ccccc21. The summed E-state index contributed by atoms with van der Waals surface area (Å²) in [7, 11) is 0. The number of benzene rings is 1. The molecule has 15 heavy (non-hydrogen) atoms. The fourth-order valence-corrected chi connectivity index (χ4v) is 1.63. The Labute approximate surface area is 93.5 Å². The molecule has 84 valence electrons. The van der Waals surface area contributed by atoms with E-state index in [1.807, 2.05) is 58.9 Å². The third kappa shape index (κ3) is 3.19. The van der Waals surface area contributed by atoms with E-state index in [2.05, 4.69) is 0 Å². The molecule has 0 bridgehead atoms. The quantitative estimate of drug-likeness (QED) is 0.627. The minimum Gasteiger partial charge on any atom is -0.299 e. The normalized spacial score (nSPS) is 16.9. The number of rotatable bonds is 0. The van der Waals surface area contributed by atoms with Gasteiger partial charge in [-0.1, -0.05) is 58.9 Å². The Balaban J connectivity index is 0.000000442. The number of fused-ring (bicyclic) bond motifs is 1. The fraction of sp³-hybridized carbons (Fsp3) is 0.500. The molecule has 1 heteroatoms. The van der Waals surface area contributed by atoms with Crippen LogP contribution in [-0.4, -0.2) is 5.78 Å². The first-order valence-corrected chi connectivity index (χ1v) is 5.89. The van der Waals surface area contributed by atoms with Gasteiger partial charge in [0.15, 0.2) is 0 Å². The highest BCUT2D eigenvalue weighted by atomic mass is 16.1. The van der Waals surface area contributed by atoms with Crippen LogP contribution in [0.5, 0.6) is 0 Å². The number of hydrogen-bond donors (Lipinski definition) is 0. The molecule has 0 saturated heterocycles. The maximum Gasteiger partial charge on any atom is 0.144 e. The number of carbonyl (C=O) groups excluding carboxylic acids is 1. The van der Waals surface area contributed by atoms with Crippen LogP contribution in [0.4, 0.5) is 0 Å². The van der Waals surface area contributed by atoms with E-state index >= 15 is 0 Å². The van der Waals surface area contributed by atoms with E-state index in [0.29, 0.717) is 12.2 Å². The molecular formula is C14H22O. The first-order chi connectivity index (χ1) is 7.29. The summed E-state index contributed by atoms with van der Waals surface area (Å²) in [4.78, 5) is 11.2. The van der Waals surface area contributed by atoms with Crippen molar-refractivity contribution in [3.05, 3.63) is 35.4 Å². The van der Waals surface area contributed by atoms with E-state index in [-0.39, 0.29) is 5.92 Å². The van der Waals surface area contributed by atoms with E-state index in [1.54, 1.807) is 0 Å². The molecule has 1 aliphatic carbocycles. The van der Waals surface area contributed by atoms with Gasteiger partial charge in [-0.25, -0.2) is 0 Å². The zero-order valence-corrected chi connectivity index (χ0v) is 10.5. The van der Waals surface area contributed by atoms with Gasteiger partial charge in [-0.15, -0.1) is 0 Å². The number of carbonyl (C=O) groups is 1. The van der Waals surface area contributed by atoms with Gasteiger partial charge in [-0.3, -0.25) is 4.79 Å². The molecule has 1 aromatic carbocycles. The maximum absolute atomic E-state index is 11.2. The van der Waals surface area contributed by atoms with Gasteiger partial charge in [0.1, 0.15) is 5.78 Å². The molecule has 1 aromatic rings. The summed E-state index contributed by atoms with van der Waals surface area (Å²) >= 11 is 0. The second-order valence-electron chi connectivity index (χ2n) is 3.06. The second-order valence-corrected chi connectivity index (χ2v) is 3.06. The highest BCUT2D eigenvalue weighted by Crippen LogP contribution is 2.28. The standard InChI is InChI=1S/C10H10O.2C2H6/c1-7-9-5-3-2-4-8(9)6-10(7)11;2*1-2/h2-5,7H,6H2,1H3;2*1-2H3. The van der Waals surface area contributed by atoms with Crippen LogP contribution in [0.3, 0.4) is 0 Å². The Morgan fingerprint density at radius 2 is 1.60 bits per heavy atom. The molecule has 0 amide bonds. The molecule has 0 aliphatic heterocycles. The minimum absolute atomic E-state index is 0.131. The van der Waals surface area contributed by atoms with Gasteiger partial charge in [-0.2, -0.15) is 0 Å². The predicted molar refractivity (Wildman–Crippen MR) is 66.3 cm³/mol. The second kappa shape index (κ2) is 7.22. The lowest BCUT2D eigenvalue weighted by atomic mass is 10.0. The molecule has 0 N–H and O–H groups in total. The Hall–Kier alpha value is -1.11. The van der Waals surface area contributed by atoms with Gasteiger partial charge in [-0.05, 0) is 11.1 Å². The smallest absolute Gasteiger partial charge is 0.144 e. The van der Waals surface area contributed by atoms with E-state index in [1.165, 1.54) is 11.1 Å². The molecule has 0 radical (unpaired) electrons. The summed E-state index contributed by atoms with van der Waals surface area (Å²) in [5, 5.41) is 0. The van der Waals surface area contributed by atoms with Gasteiger partial charge in [0.25, 0.3) is 0 Å². The summed E-state index contributed by atoms with van der Waals surface area (Å²) in [6.07, 6.45) is 0.636. The average molecular weight is 206 g/mol. The highest BCUT2D eigenvalue weighted by Gasteiger charge is 2.25. The van der Waals surface area contributed by atoms with Crippen molar-refractivity contribution in [2.45, 2.75) is 47.0 Å². The van der Waals surface area contributed by atoms with Crippen LogP contribution in [0.1, 0.15) is 51.7 Å². The van der Waals surface area contributed by atoms with Gasteiger partial charge in [0.2, 0.25) is 0 Å². The van der Waals surface area contributed by atoms with Crippen LogP contribution >= 0.6 is 0 Å². The van der Waals surface area contributed by atoms with E-state index in [0.717, 1.165) is 0 Å². The summed E-state index contributed by atoms with van der Waals surface area (Å²) in [6.45, 7) is 9.98. The number of hydrogen-bond acceptors (Lipinski definition) is 1. The Morgan fingerprint density at radius 3 is 2.13 bits per heavy atom. The van der Waals surface area contributed by atoms with Crippen molar-refractivity contribution in [2.24, 2.45) is 0 Å². The molecule has 1 atom stereocenters. The van der Waals surface area contributed by atoms with Crippen molar-refractivity contribution in [2.75, 3.05) is 0 Å². The predicted octanol–water partition coefficient (Wildman–Crippen LogP) is 3.97. The van der Waals surface area contributed by atoms with E-state index in [9.17, 15) is 4.79 Å². The maximum atomic E-state index is 11.2. The molecule has 0 aromatic heterocycles. The van der Waals surface area contributed by atoms with E-state index < -0.39 is 0 Å². The Kier molecular flexibility index (Phi) is 6.68. The van der Waals surface area contributed by atoms with Crippen LogP contribution in [0.2, 0.25) is 0 Å². The molecule has 2 rings (SSSR count). The lowest BCUT2D eigenvalue weighted by molar-refractivity contribution is -0.118. The molecule has 1 nitrogen and oxygen atoms in total. The molecule has 0 fully saturated rings. The summed E-state index contributed by atoms with van der Waals surface area (Å²) in [5.74, 6) is 0.484. The van der Waals surface area contributed by atoms with E-state index in [4.69, 9.17) is 0 Å². The van der Waals surface area contributed by atoms with Crippen LogP contribution < -0.4 is 0 Å². The number of ketones is 1. The highest BCUT2D eigenvalue weighted by molar-refractivity contribution is 5.92. The molecule has 1 unspecified atom stereocenters. The monoisotopic (exact) mass is 206 g/mol. The minimum atomic E-state index is 0.131. The topological polar surface area (TPSA) is 17.1 Å². The lowest BCUT2D eigenvalue weighted by Crippen LogP contribution is -2.00. The fourth-order valence-electron chi connectivity index (χ4n) is 1.63. The van der Waals surface area contributed by atoms with Gasteiger partial charge in [0.05, 0.1) is 0 Å². The first kappa shape index (κ1) is 13.9. The van der Waals surface area contributed by atoms with Gasteiger partial charge >= 0.3 is 0 Å². The zero-order chi connectivity index (χ0) is 11.8. The van der Waals surface area contributed by atoms with Crippen molar-refractivity contribution in [3.8, 4) is 0 Å². The summed E-state index contributed by atoms with van der Waals surface area (Å²) in [6, 6.07) is 8.07. The third-order valence-corrected chi connectivity index (χ3v) is 2.37. The lowest BCUT2D eigenvalue weighted by Gasteiger charge is -2.00. The Morgan fingerprint density at radius 1 is 1.07 bits per heavy atom.